The number of rotatable bonds is 7. The molecule has 30 heavy (non-hydrogen) atoms. The highest BCUT2D eigenvalue weighted by Gasteiger charge is 2.24. The Morgan fingerprint density at radius 1 is 1.20 bits per heavy atom. The second kappa shape index (κ2) is 8.36. The highest BCUT2D eigenvalue weighted by molar-refractivity contribution is 6.06. The lowest BCUT2D eigenvalue weighted by Crippen LogP contribution is -2.37. The molecule has 0 atom stereocenters. The Balaban J connectivity index is 1.58. The first-order valence-electron chi connectivity index (χ1n) is 9.61. The summed E-state index contributed by atoms with van der Waals surface area (Å²) >= 11 is 0. The largest absolute Gasteiger partial charge is 0.495 e. The van der Waals surface area contributed by atoms with Crippen molar-refractivity contribution in [2.24, 2.45) is 0 Å². The molecule has 154 valence electrons. The van der Waals surface area contributed by atoms with E-state index in [1.807, 2.05) is 0 Å². The molecule has 1 saturated carbocycles. The maximum Gasteiger partial charge on any atom is 0.255 e. The van der Waals surface area contributed by atoms with Gasteiger partial charge in [0, 0.05) is 6.04 Å². The van der Waals surface area contributed by atoms with E-state index in [1.165, 1.54) is 19.2 Å². The van der Waals surface area contributed by atoms with E-state index in [-0.39, 0.29) is 24.3 Å². The van der Waals surface area contributed by atoms with Gasteiger partial charge in [0.15, 0.2) is 0 Å². The Hall–Kier alpha value is -3.68. The van der Waals surface area contributed by atoms with Gasteiger partial charge in [-0.15, -0.1) is 0 Å². The third-order valence-electron chi connectivity index (χ3n) is 4.82. The molecule has 3 N–H and O–H groups in total. The van der Waals surface area contributed by atoms with Gasteiger partial charge in [-0.05, 0) is 48.7 Å². The standard InChI is InChI=1S/C22H21FN4O3/c1-30-21-16(22(29)24-12-19(28)25-15-7-8-15)9-11-18-20(21)17(26-27-18)10-4-13-2-5-14(23)6-3-13/h2-6,9-11,15H,7-8,12H2,1H3,(H,24,29)(H,25,28)(H,26,27)/b10-4+. The van der Waals surface area contributed by atoms with E-state index in [9.17, 15) is 14.0 Å². The normalized spacial score (nSPS) is 13.5. The van der Waals surface area contributed by atoms with E-state index < -0.39 is 5.91 Å². The number of ether oxygens (including phenoxy) is 1. The van der Waals surface area contributed by atoms with Gasteiger partial charge in [-0.1, -0.05) is 18.2 Å². The molecule has 8 heteroatoms. The van der Waals surface area contributed by atoms with Gasteiger partial charge in [-0.3, -0.25) is 14.7 Å². The van der Waals surface area contributed by atoms with Crippen LogP contribution in [-0.4, -0.2) is 41.7 Å². The van der Waals surface area contributed by atoms with Crippen molar-refractivity contribution in [2.75, 3.05) is 13.7 Å². The number of carbonyl (C=O) groups excluding carboxylic acids is 2. The number of nitrogens with zero attached hydrogens (tertiary/aromatic N) is 1. The average molecular weight is 408 g/mol. The third kappa shape index (κ3) is 4.32. The maximum atomic E-state index is 13.1. The van der Waals surface area contributed by atoms with Crippen molar-refractivity contribution in [1.29, 1.82) is 0 Å². The number of fused-ring (bicyclic) bond motifs is 1. The van der Waals surface area contributed by atoms with Crippen molar-refractivity contribution < 1.29 is 18.7 Å². The van der Waals surface area contributed by atoms with Crippen LogP contribution >= 0.6 is 0 Å². The third-order valence-corrected chi connectivity index (χ3v) is 4.82. The topological polar surface area (TPSA) is 96.1 Å². The minimum absolute atomic E-state index is 0.0980. The number of halogens is 1. The summed E-state index contributed by atoms with van der Waals surface area (Å²) in [6.45, 7) is -0.0980. The summed E-state index contributed by atoms with van der Waals surface area (Å²) in [7, 11) is 1.48. The van der Waals surface area contributed by atoms with Crippen LogP contribution in [0.5, 0.6) is 5.75 Å². The van der Waals surface area contributed by atoms with Crippen LogP contribution in [0.1, 0.15) is 34.5 Å². The number of aromatic nitrogens is 2. The van der Waals surface area contributed by atoms with Crippen LogP contribution in [-0.2, 0) is 4.79 Å². The van der Waals surface area contributed by atoms with Crippen LogP contribution in [0.15, 0.2) is 36.4 Å². The first kappa shape index (κ1) is 19.6. The van der Waals surface area contributed by atoms with Gasteiger partial charge in [0.25, 0.3) is 5.91 Å². The second-order valence-corrected chi connectivity index (χ2v) is 7.09. The number of benzene rings is 2. The molecule has 1 heterocycles. The molecule has 0 unspecified atom stereocenters. The van der Waals surface area contributed by atoms with Crippen molar-refractivity contribution in [2.45, 2.75) is 18.9 Å². The fourth-order valence-corrected chi connectivity index (χ4v) is 3.13. The van der Waals surface area contributed by atoms with Crippen molar-refractivity contribution in [3.63, 3.8) is 0 Å². The van der Waals surface area contributed by atoms with E-state index in [4.69, 9.17) is 4.74 Å². The minimum Gasteiger partial charge on any atom is -0.495 e. The molecule has 0 spiro atoms. The van der Waals surface area contributed by atoms with Crippen LogP contribution in [0, 0.1) is 5.82 Å². The Bertz CT molecular complexity index is 1120. The van der Waals surface area contributed by atoms with Crippen LogP contribution in [0.2, 0.25) is 0 Å². The minimum atomic E-state index is -0.408. The Morgan fingerprint density at radius 3 is 2.67 bits per heavy atom. The summed E-state index contributed by atoms with van der Waals surface area (Å²) in [4.78, 5) is 24.5. The number of hydrogen-bond donors (Lipinski definition) is 3. The summed E-state index contributed by atoms with van der Waals surface area (Å²) in [6, 6.07) is 9.67. The number of carbonyl (C=O) groups is 2. The number of H-pyrrole nitrogens is 1. The first-order chi connectivity index (χ1) is 14.5. The predicted octanol–water partition coefficient (Wildman–Crippen LogP) is 2.89. The number of hydrogen-bond acceptors (Lipinski definition) is 4. The lowest BCUT2D eigenvalue weighted by molar-refractivity contribution is -0.120. The first-order valence-corrected chi connectivity index (χ1v) is 9.61. The Kier molecular flexibility index (Phi) is 5.47. The number of methoxy groups -OCH3 is 1. The van der Waals surface area contributed by atoms with E-state index in [1.54, 1.807) is 36.4 Å². The number of amides is 2. The summed E-state index contributed by atoms with van der Waals surface area (Å²) in [5.41, 5.74) is 2.39. The molecule has 1 aliphatic carbocycles. The van der Waals surface area contributed by atoms with Crippen molar-refractivity contribution in [1.82, 2.24) is 20.8 Å². The predicted molar refractivity (Wildman–Crippen MR) is 111 cm³/mol. The summed E-state index contributed by atoms with van der Waals surface area (Å²) in [5.74, 6) is -0.563. The summed E-state index contributed by atoms with van der Waals surface area (Å²) < 4.78 is 18.6. The lowest BCUT2D eigenvalue weighted by Gasteiger charge is -2.11. The van der Waals surface area contributed by atoms with Crippen LogP contribution in [0.25, 0.3) is 23.1 Å². The molecule has 3 aromatic rings. The molecule has 1 fully saturated rings. The van der Waals surface area contributed by atoms with Gasteiger partial charge in [-0.2, -0.15) is 5.10 Å². The van der Waals surface area contributed by atoms with E-state index in [0.29, 0.717) is 27.9 Å². The smallest absolute Gasteiger partial charge is 0.255 e. The molecule has 1 aromatic heterocycles. The molecule has 0 bridgehead atoms. The van der Waals surface area contributed by atoms with E-state index in [2.05, 4.69) is 20.8 Å². The Morgan fingerprint density at radius 2 is 1.97 bits per heavy atom. The molecule has 1 aliphatic rings. The fraction of sp³-hybridized carbons (Fsp3) is 0.227. The quantitative estimate of drug-likeness (QED) is 0.560. The SMILES string of the molecule is COc1c(C(=O)NCC(=O)NC2CC2)ccc2[nH]nc(/C=C/c3ccc(F)cc3)c12. The second-order valence-electron chi connectivity index (χ2n) is 7.09. The Labute approximate surface area is 172 Å². The van der Waals surface area contributed by atoms with Gasteiger partial charge in [-0.25, -0.2) is 4.39 Å². The van der Waals surface area contributed by atoms with E-state index in [0.717, 1.165) is 18.4 Å². The van der Waals surface area contributed by atoms with Gasteiger partial charge < -0.3 is 15.4 Å². The van der Waals surface area contributed by atoms with Crippen molar-refractivity contribution in [3.05, 3.63) is 59.0 Å². The van der Waals surface area contributed by atoms with Gasteiger partial charge in [0.2, 0.25) is 5.91 Å². The molecule has 0 saturated heterocycles. The average Bonchev–Trinajstić information content (AvgIpc) is 3.47. The highest BCUT2D eigenvalue weighted by Crippen LogP contribution is 2.32. The summed E-state index contributed by atoms with van der Waals surface area (Å²) in [6.07, 6.45) is 5.53. The van der Waals surface area contributed by atoms with E-state index >= 15 is 0 Å². The molecular weight excluding hydrogens is 387 g/mol. The highest BCUT2D eigenvalue weighted by atomic mass is 19.1. The zero-order valence-electron chi connectivity index (χ0n) is 16.4. The van der Waals surface area contributed by atoms with Crippen LogP contribution in [0.3, 0.4) is 0 Å². The molecular formula is C22H21FN4O3. The van der Waals surface area contributed by atoms with Crippen molar-refractivity contribution >= 4 is 34.9 Å². The maximum absolute atomic E-state index is 13.1. The summed E-state index contributed by atoms with van der Waals surface area (Å²) in [5, 5.41) is 13.3. The molecule has 2 amide bonds. The monoisotopic (exact) mass is 408 g/mol. The van der Waals surface area contributed by atoms with Crippen molar-refractivity contribution in [3.8, 4) is 5.75 Å². The zero-order chi connectivity index (χ0) is 21.1. The fourth-order valence-electron chi connectivity index (χ4n) is 3.13. The van der Waals surface area contributed by atoms with Crippen LogP contribution < -0.4 is 15.4 Å². The van der Waals surface area contributed by atoms with Gasteiger partial charge in [0.1, 0.15) is 11.6 Å². The molecule has 7 nitrogen and oxygen atoms in total. The van der Waals surface area contributed by atoms with Gasteiger partial charge >= 0.3 is 0 Å². The molecule has 0 aliphatic heterocycles. The zero-order valence-corrected chi connectivity index (χ0v) is 16.4. The number of aromatic amines is 1. The van der Waals surface area contributed by atoms with Crippen LogP contribution in [0.4, 0.5) is 4.39 Å². The lowest BCUT2D eigenvalue weighted by atomic mass is 10.1. The van der Waals surface area contributed by atoms with Gasteiger partial charge in [0.05, 0.1) is 35.8 Å². The molecule has 2 aromatic carbocycles. The molecule has 0 radical (unpaired) electrons. The molecule has 4 rings (SSSR count). The number of nitrogens with one attached hydrogen (secondary N) is 3.